The summed E-state index contributed by atoms with van der Waals surface area (Å²) in [4.78, 5) is 15.5. The highest BCUT2D eigenvalue weighted by Crippen LogP contribution is 2.25. The minimum Gasteiger partial charge on any atom is -0.381 e. The number of rotatable bonds is 4. The first-order valence-electron chi connectivity index (χ1n) is 6.74. The highest BCUT2D eigenvalue weighted by atomic mass is 32.2. The van der Waals surface area contributed by atoms with Gasteiger partial charge in [0.2, 0.25) is 5.91 Å². The lowest BCUT2D eigenvalue weighted by molar-refractivity contribution is -0.132. The van der Waals surface area contributed by atoms with Crippen LogP contribution in [0.25, 0.3) is 0 Å². The third kappa shape index (κ3) is 3.98. The molecule has 0 spiro atoms. The lowest BCUT2D eigenvalue weighted by atomic mass is 10.1. The number of carbonyl (C=O) groups is 1. The van der Waals surface area contributed by atoms with Crippen LogP contribution in [-0.2, 0) is 9.53 Å². The molecule has 1 aromatic carbocycles. The summed E-state index contributed by atoms with van der Waals surface area (Å²) in [6.07, 6.45) is 2.22. The quantitative estimate of drug-likeness (QED) is 0.794. The fraction of sp³-hybridized carbons (Fsp3) is 0.533. The number of methoxy groups -OCH3 is 1. The van der Waals surface area contributed by atoms with E-state index in [1.165, 1.54) is 0 Å². The average Bonchev–Trinajstić information content (AvgIpc) is 2.47. The van der Waals surface area contributed by atoms with Gasteiger partial charge in [0.15, 0.2) is 0 Å². The SMILES string of the molecule is COC1CCN(C(=O)C(C)Sc2ccccc2)CC1. The summed E-state index contributed by atoms with van der Waals surface area (Å²) in [7, 11) is 1.75. The standard InChI is InChI=1S/C15H21NO2S/c1-12(19-14-6-4-3-5-7-14)15(17)16-10-8-13(18-2)9-11-16/h3-7,12-13H,8-11H2,1-2H3. The number of amides is 1. The molecule has 4 heteroatoms. The van der Waals surface area contributed by atoms with E-state index in [9.17, 15) is 4.79 Å². The van der Waals surface area contributed by atoms with Crippen LogP contribution in [-0.4, -0.2) is 42.4 Å². The van der Waals surface area contributed by atoms with Gasteiger partial charge < -0.3 is 9.64 Å². The fourth-order valence-electron chi connectivity index (χ4n) is 2.32. The van der Waals surface area contributed by atoms with Gasteiger partial charge in [0.1, 0.15) is 0 Å². The van der Waals surface area contributed by atoms with Crippen molar-refractivity contribution < 1.29 is 9.53 Å². The van der Waals surface area contributed by atoms with Gasteiger partial charge in [-0.2, -0.15) is 0 Å². The summed E-state index contributed by atoms with van der Waals surface area (Å²) in [6.45, 7) is 3.62. The summed E-state index contributed by atoms with van der Waals surface area (Å²) < 4.78 is 5.33. The van der Waals surface area contributed by atoms with Gasteiger partial charge in [-0.1, -0.05) is 18.2 Å². The van der Waals surface area contributed by atoms with Crippen molar-refractivity contribution in [3.8, 4) is 0 Å². The number of hydrogen-bond donors (Lipinski definition) is 0. The number of thioether (sulfide) groups is 1. The zero-order valence-electron chi connectivity index (χ0n) is 11.5. The molecular formula is C15H21NO2S. The van der Waals surface area contributed by atoms with Gasteiger partial charge >= 0.3 is 0 Å². The van der Waals surface area contributed by atoms with E-state index < -0.39 is 0 Å². The number of nitrogens with zero attached hydrogens (tertiary/aromatic N) is 1. The Morgan fingerprint density at radius 2 is 1.95 bits per heavy atom. The molecule has 1 saturated heterocycles. The summed E-state index contributed by atoms with van der Waals surface area (Å²) in [5, 5.41) is -0.0264. The Morgan fingerprint density at radius 3 is 2.53 bits per heavy atom. The number of carbonyl (C=O) groups excluding carboxylic acids is 1. The first kappa shape index (κ1) is 14.4. The maximum absolute atomic E-state index is 12.4. The van der Waals surface area contributed by atoms with Crippen molar-refractivity contribution in [2.45, 2.75) is 36.0 Å². The molecule has 1 unspecified atom stereocenters. The molecule has 0 aromatic heterocycles. The molecule has 0 bridgehead atoms. The second-order valence-corrected chi connectivity index (χ2v) is 6.25. The fourth-order valence-corrected chi connectivity index (χ4v) is 3.29. The third-order valence-electron chi connectivity index (χ3n) is 3.49. The molecular weight excluding hydrogens is 258 g/mol. The summed E-state index contributed by atoms with van der Waals surface area (Å²) in [5.41, 5.74) is 0. The second-order valence-electron chi connectivity index (χ2n) is 4.83. The van der Waals surface area contributed by atoms with E-state index in [1.807, 2.05) is 42.2 Å². The maximum atomic E-state index is 12.4. The molecule has 3 nitrogen and oxygen atoms in total. The molecule has 2 rings (SSSR count). The van der Waals surface area contributed by atoms with Crippen LogP contribution in [0.1, 0.15) is 19.8 Å². The van der Waals surface area contributed by atoms with Gasteiger partial charge in [-0.15, -0.1) is 11.8 Å². The molecule has 104 valence electrons. The summed E-state index contributed by atoms with van der Waals surface area (Å²) >= 11 is 1.63. The molecule has 1 amide bonds. The highest BCUT2D eigenvalue weighted by Gasteiger charge is 2.26. The van der Waals surface area contributed by atoms with E-state index in [0.29, 0.717) is 6.10 Å². The van der Waals surface area contributed by atoms with Crippen molar-refractivity contribution in [3.63, 3.8) is 0 Å². The molecule has 1 atom stereocenters. The zero-order valence-corrected chi connectivity index (χ0v) is 12.4. The Balaban J connectivity index is 1.86. The van der Waals surface area contributed by atoms with Crippen molar-refractivity contribution in [3.05, 3.63) is 30.3 Å². The Hall–Kier alpha value is -1.00. The molecule has 19 heavy (non-hydrogen) atoms. The lowest BCUT2D eigenvalue weighted by Gasteiger charge is -2.32. The highest BCUT2D eigenvalue weighted by molar-refractivity contribution is 8.00. The van der Waals surface area contributed by atoms with Crippen LogP contribution in [0.3, 0.4) is 0 Å². The van der Waals surface area contributed by atoms with Crippen LogP contribution in [0, 0.1) is 0 Å². The normalized spacial score (nSPS) is 18.3. The smallest absolute Gasteiger partial charge is 0.235 e. The number of piperidine rings is 1. The van der Waals surface area contributed by atoms with E-state index in [0.717, 1.165) is 30.8 Å². The second kappa shape index (κ2) is 6.96. The molecule has 0 aliphatic carbocycles. The van der Waals surface area contributed by atoms with Gasteiger partial charge in [-0.3, -0.25) is 4.79 Å². The third-order valence-corrected chi connectivity index (χ3v) is 4.59. The largest absolute Gasteiger partial charge is 0.381 e. The Kier molecular flexibility index (Phi) is 5.28. The van der Waals surface area contributed by atoms with Gasteiger partial charge in [-0.25, -0.2) is 0 Å². The molecule has 0 radical (unpaired) electrons. The molecule has 1 aliphatic heterocycles. The Morgan fingerprint density at radius 1 is 1.32 bits per heavy atom. The van der Waals surface area contributed by atoms with Crippen LogP contribution in [0.4, 0.5) is 0 Å². The number of benzene rings is 1. The summed E-state index contributed by atoms with van der Waals surface area (Å²) in [5.74, 6) is 0.239. The first-order chi connectivity index (χ1) is 9.20. The average molecular weight is 279 g/mol. The van der Waals surface area contributed by atoms with Crippen molar-refractivity contribution in [2.24, 2.45) is 0 Å². The molecule has 1 aromatic rings. The first-order valence-corrected chi connectivity index (χ1v) is 7.62. The summed E-state index contributed by atoms with van der Waals surface area (Å²) in [6, 6.07) is 10.1. The Labute approximate surface area is 119 Å². The van der Waals surface area contributed by atoms with E-state index in [4.69, 9.17) is 4.74 Å². The predicted octanol–water partition coefficient (Wildman–Crippen LogP) is 2.80. The van der Waals surface area contributed by atoms with Crippen LogP contribution >= 0.6 is 11.8 Å². The maximum Gasteiger partial charge on any atom is 0.235 e. The molecule has 1 fully saturated rings. The van der Waals surface area contributed by atoms with Crippen LogP contribution in [0.15, 0.2) is 35.2 Å². The van der Waals surface area contributed by atoms with Crippen molar-refractivity contribution in [1.82, 2.24) is 4.90 Å². The zero-order chi connectivity index (χ0) is 13.7. The van der Waals surface area contributed by atoms with E-state index in [-0.39, 0.29) is 11.2 Å². The lowest BCUT2D eigenvalue weighted by Crippen LogP contribution is -2.43. The molecule has 0 N–H and O–H groups in total. The van der Waals surface area contributed by atoms with E-state index >= 15 is 0 Å². The Bertz CT molecular complexity index is 402. The minimum absolute atomic E-state index is 0.0264. The van der Waals surface area contributed by atoms with Gasteiger partial charge in [0.05, 0.1) is 11.4 Å². The minimum atomic E-state index is -0.0264. The van der Waals surface area contributed by atoms with E-state index in [2.05, 4.69) is 0 Å². The van der Waals surface area contributed by atoms with Gasteiger partial charge in [0.25, 0.3) is 0 Å². The molecule has 0 saturated carbocycles. The van der Waals surface area contributed by atoms with Crippen LogP contribution in [0.2, 0.25) is 0 Å². The van der Waals surface area contributed by atoms with Crippen LogP contribution < -0.4 is 0 Å². The number of likely N-dealkylation sites (tertiary alicyclic amines) is 1. The van der Waals surface area contributed by atoms with Crippen molar-refractivity contribution in [1.29, 1.82) is 0 Å². The van der Waals surface area contributed by atoms with Crippen LogP contribution in [0.5, 0.6) is 0 Å². The topological polar surface area (TPSA) is 29.5 Å². The number of hydrogen-bond acceptors (Lipinski definition) is 3. The molecule has 1 aliphatic rings. The van der Waals surface area contributed by atoms with Crippen molar-refractivity contribution in [2.75, 3.05) is 20.2 Å². The monoisotopic (exact) mass is 279 g/mol. The molecule has 1 heterocycles. The predicted molar refractivity (Wildman–Crippen MR) is 78.4 cm³/mol. The van der Waals surface area contributed by atoms with Crippen molar-refractivity contribution >= 4 is 17.7 Å². The van der Waals surface area contributed by atoms with Gasteiger partial charge in [-0.05, 0) is 31.9 Å². The van der Waals surface area contributed by atoms with E-state index in [1.54, 1.807) is 18.9 Å². The van der Waals surface area contributed by atoms with Gasteiger partial charge in [0, 0.05) is 25.1 Å². The number of ether oxygens (including phenoxy) is 1.